The van der Waals surface area contributed by atoms with E-state index in [1.807, 2.05) is 24.3 Å². The number of aromatic amines is 1. The zero-order valence-corrected chi connectivity index (χ0v) is 15.3. The van der Waals surface area contributed by atoms with Gasteiger partial charge >= 0.3 is 0 Å². The Labute approximate surface area is 157 Å². The van der Waals surface area contributed by atoms with Gasteiger partial charge in [-0.1, -0.05) is 30.3 Å². The first-order valence-electron chi connectivity index (χ1n) is 9.28. The highest BCUT2D eigenvalue weighted by Crippen LogP contribution is 2.29. The quantitative estimate of drug-likeness (QED) is 0.745. The number of carbonyl (C=O) groups excluding carboxylic acids is 1. The van der Waals surface area contributed by atoms with Gasteiger partial charge in [0.1, 0.15) is 11.6 Å². The van der Waals surface area contributed by atoms with Gasteiger partial charge in [0.2, 0.25) is 5.91 Å². The van der Waals surface area contributed by atoms with Crippen molar-refractivity contribution in [1.82, 2.24) is 20.2 Å². The first kappa shape index (κ1) is 17.7. The van der Waals surface area contributed by atoms with Crippen LogP contribution in [0.4, 0.5) is 4.39 Å². The van der Waals surface area contributed by atoms with Crippen LogP contribution in [0.25, 0.3) is 11.0 Å². The van der Waals surface area contributed by atoms with Gasteiger partial charge in [0, 0.05) is 12.6 Å². The van der Waals surface area contributed by atoms with Crippen LogP contribution in [0.15, 0.2) is 48.5 Å². The Kier molecular flexibility index (Phi) is 4.90. The monoisotopic (exact) mass is 366 g/mol. The van der Waals surface area contributed by atoms with E-state index in [1.54, 1.807) is 18.2 Å². The Morgan fingerprint density at radius 3 is 2.85 bits per heavy atom. The molecule has 1 aliphatic rings. The lowest BCUT2D eigenvalue weighted by Crippen LogP contribution is -2.45. The number of hydrogen-bond donors (Lipinski definition) is 2. The van der Waals surface area contributed by atoms with E-state index in [0.717, 1.165) is 36.2 Å². The van der Waals surface area contributed by atoms with Gasteiger partial charge in [0.25, 0.3) is 0 Å². The van der Waals surface area contributed by atoms with Gasteiger partial charge in [0.15, 0.2) is 0 Å². The lowest BCUT2D eigenvalue weighted by Gasteiger charge is -2.36. The van der Waals surface area contributed by atoms with Crippen molar-refractivity contribution in [3.63, 3.8) is 0 Å². The summed E-state index contributed by atoms with van der Waals surface area (Å²) < 4.78 is 13.8. The van der Waals surface area contributed by atoms with Crippen molar-refractivity contribution in [3.05, 3.63) is 65.7 Å². The highest BCUT2D eigenvalue weighted by Gasteiger charge is 2.30. The van der Waals surface area contributed by atoms with Gasteiger partial charge in [-0.05, 0) is 43.7 Å². The van der Waals surface area contributed by atoms with Crippen LogP contribution in [0.1, 0.15) is 30.3 Å². The van der Waals surface area contributed by atoms with E-state index in [-0.39, 0.29) is 30.2 Å². The lowest BCUT2D eigenvalue weighted by atomic mass is 9.96. The molecule has 0 unspecified atom stereocenters. The molecule has 0 bridgehead atoms. The van der Waals surface area contributed by atoms with E-state index in [9.17, 15) is 9.18 Å². The topological polar surface area (TPSA) is 61.0 Å². The number of H-pyrrole nitrogens is 1. The average molecular weight is 366 g/mol. The number of carbonyl (C=O) groups is 1. The number of halogens is 1. The van der Waals surface area contributed by atoms with Crippen molar-refractivity contribution >= 4 is 16.9 Å². The minimum atomic E-state index is -0.337. The fraction of sp³-hybridized carbons (Fsp3) is 0.333. The van der Waals surface area contributed by atoms with Crippen molar-refractivity contribution < 1.29 is 9.18 Å². The molecule has 1 fully saturated rings. The van der Waals surface area contributed by atoms with Crippen LogP contribution in [0.3, 0.4) is 0 Å². The van der Waals surface area contributed by atoms with E-state index in [2.05, 4.69) is 22.2 Å². The highest BCUT2D eigenvalue weighted by atomic mass is 19.1. The summed E-state index contributed by atoms with van der Waals surface area (Å²) in [7, 11) is 2.08. The summed E-state index contributed by atoms with van der Waals surface area (Å²) in [4.78, 5) is 22.8. The predicted molar refractivity (Wildman–Crippen MR) is 103 cm³/mol. The lowest BCUT2D eigenvalue weighted by molar-refractivity contribution is -0.121. The number of hydrogen-bond acceptors (Lipinski definition) is 3. The second-order valence-electron chi connectivity index (χ2n) is 7.19. The molecule has 4 rings (SSSR count). The van der Waals surface area contributed by atoms with Gasteiger partial charge in [-0.25, -0.2) is 9.37 Å². The number of benzene rings is 2. The largest absolute Gasteiger partial charge is 0.353 e. The van der Waals surface area contributed by atoms with Crippen LogP contribution in [-0.4, -0.2) is 40.4 Å². The van der Waals surface area contributed by atoms with Crippen LogP contribution in [0, 0.1) is 5.82 Å². The normalized spacial score (nSPS) is 20.7. The van der Waals surface area contributed by atoms with Crippen LogP contribution in [-0.2, 0) is 11.2 Å². The maximum atomic E-state index is 13.8. The molecule has 27 heavy (non-hydrogen) atoms. The number of amides is 1. The number of para-hydroxylation sites is 2. The smallest absolute Gasteiger partial charge is 0.224 e. The fourth-order valence-corrected chi connectivity index (χ4v) is 3.76. The first-order chi connectivity index (χ1) is 13.1. The third kappa shape index (κ3) is 3.85. The van der Waals surface area contributed by atoms with Crippen molar-refractivity contribution in [1.29, 1.82) is 0 Å². The van der Waals surface area contributed by atoms with Gasteiger partial charge in [-0.2, -0.15) is 0 Å². The van der Waals surface area contributed by atoms with Crippen LogP contribution < -0.4 is 5.32 Å². The Morgan fingerprint density at radius 1 is 1.26 bits per heavy atom. The molecule has 1 amide bonds. The van der Waals surface area contributed by atoms with Crippen LogP contribution in [0.5, 0.6) is 0 Å². The molecule has 0 saturated carbocycles. The second kappa shape index (κ2) is 7.48. The molecule has 1 saturated heterocycles. The summed E-state index contributed by atoms with van der Waals surface area (Å²) in [6.45, 7) is 0.867. The predicted octanol–water partition coefficient (Wildman–Crippen LogP) is 3.20. The minimum absolute atomic E-state index is 0.0543. The Morgan fingerprint density at radius 2 is 2.04 bits per heavy atom. The molecule has 3 aromatic rings. The molecule has 2 atom stereocenters. The van der Waals surface area contributed by atoms with E-state index in [4.69, 9.17) is 4.98 Å². The van der Waals surface area contributed by atoms with Crippen molar-refractivity contribution in [2.75, 3.05) is 13.6 Å². The van der Waals surface area contributed by atoms with Gasteiger partial charge in [-0.3, -0.25) is 9.69 Å². The average Bonchev–Trinajstić information content (AvgIpc) is 3.09. The molecule has 6 heteroatoms. The van der Waals surface area contributed by atoms with Gasteiger partial charge in [0.05, 0.1) is 23.5 Å². The molecule has 2 aromatic carbocycles. The van der Waals surface area contributed by atoms with Crippen molar-refractivity contribution in [3.8, 4) is 0 Å². The van der Waals surface area contributed by atoms with E-state index < -0.39 is 0 Å². The summed E-state index contributed by atoms with van der Waals surface area (Å²) >= 11 is 0. The SMILES string of the molecule is CN1CC[C@@H](NC(=O)Cc2ccccc2F)C[C@@H]1c1nc2ccccc2[nH]1. The molecule has 5 nitrogen and oxygen atoms in total. The molecule has 0 spiro atoms. The third-order valence-corrected chi connectivity index (χ3v) is 5.27. The Balaban J connectivity index is 1.44. The first-order valence-corrected chi connectivity index (χ1v) is 9.28. The zero-order valence-electron chi connectivity index (χ0n) is 15.3. The molecular weight excluding hydrogens is 343 g/mol. The summed E-state index contributed by atoms with van der Waals surface area (Å²) in [5, 5.41) is 3.07. The minimum Gasteiger partial charge on any atom is -0.353 e. The summed E-state index contributed by atoms with van der Waals surface area (Å²) in [6, 6.07) is 14.6. The zero-order chi connectivity index (χ0) is 18.8. The molecule has 140 valence electrons. The molecule has 1 aliphatic heterocycles. The molecule has 0 aliphatic carbocycles. The number of nitrogens with one attached hydrogen (secondary N) is 2. The Bertz CT molecular complexity index is 921. The van der Waals surface area contributed by atoms with E-state index in [1.165, 1.54) is 6.07 Å². The number of piperidine rings is 1. The standard InChI is InChI=1S/C21H23FN4O/c1-26-11-10-15(23-20(27)12-14-6-2-3-7-16(14)22)13-19(26)21-24-17-8-4-5-9-18(17)25-21/h2-9,15,19H,10-13H2,1H3,(H,23,27)(H,24,25)/t15-,19-/m1/s1. The van der Waals surface area contributed by atoms with Gasteiger partial charge in [-0.15, -0.1) is 0 Å². The Hall–Kier alpha value is -2.73. The number of imidazole rings is 1. The molecule has 2 heterocycles. The van der Waals surface area contributed by atoms with E-state index in [0.29, 0.717) is 5.56 Å². The fourth-order valence-electron chi connectivity index (χ4n) is 3.76. The second-order valence-corrected chi connectivity index (χ2v) is 7.19. The molecule has 1 aromatic heterocycles. The van der Waals surface area contributed by atoms with E-state index >= 15 is 0 Å². The highest BCUT2D eigenvalue weighted by molar-refractivity contribution is 5.79. The molecule has 2 N–H and O–H groups in total. The number of likely N-dealkylation sites (tertiary alicyclic amines) is 1. The maximum absolute atomic E-state index is 13.8. The number of rotatable bonds is 4. The maximum Gasteiger partial charge on any atom is 0.224 e. The van der Waals surface area contributed by atoms with Crippen molar-refractivity contribution in [2.45, 2.75) is 31.3 Å². The summed E-state index contributed by atoms with van der Waals surface area (Å²) in [5.74, 6) is 0.445. The van der Waals surface area contributed by atoms with Crippen LogP contribution >= 0.6 is 0 Å². The van der Waals surface area contributed by atoms with Gasteiger partial charge < -0.3 is 10.3 Å². The van der Waals surface area contributed by atoms with Crippen LogP contribution in [0.2, 0.25) is 0 Å². The third-order valence-electron chi connectivity index (χ3n) is 5.27. The number of aromatic nitrogens is 2. The number of nitrogens with zero attached hydrogens (tertiary/aromatic N) is 2. The molecule has 0 radical (unpaired) electrons. The van der Waals surface area contributed by atoms with Crippen molar-refractivity contribution in [2.24, 2.45) is 0 Å². The summed E-state index contributed by atoms with van der Waals surface area (Å²) in [6.07, 6.45) is 1.71. The number of fused-ring (bicyclic) bond motifs is 1. The molecular formula is C21H23FN4O. The summed E-state index contributed by atoms with van der Waals surface area (Å²) in [5.41, 5.74) is 2.40.